The molecule has 0 fully saturated rings. The summed E-state index contributed by atoms with van der Waals surface area (Å²) in [6.07, 6.45) is 0. The summed E-state index contributed by atoms with van der Waals surface area (Å²) < 4.78 is 1.25. The molecule has 1 N–H and O–H groups in total. The number of aryl methyl sites for hydroxylation is 1. The molecule has 0 amide bonds. The quantitative estimate of drug-likeness (QED) is 0.647. The molecule has 0 aliphatic carbocycles. The first kappa shape index (κ1) is 7.83. The maximum atomic E-state index is 9.02. The van der Waals surface area contributed by atoms with Gasteiger partial charge in [0.05, 0.1) is 0 Å². The molecule has 0 atom stereocenters. The first-order valence-corrected chi connectivity index (χ1v) is 4.77. The lowest BCUT2D eigenvalue weighted by Crippen LogP contribution is -2.10. The van der Waals surface area contributed by atoms with Crippen molar-refractivity contribution in [2.75, 3.05) is 0 Å². The van der Waals surface area contributed by atoms with Gasteiger partial charge in [0.2, 0.25) is 0 Å². The van der Waals surface area contributed by atoms with Crippen LogP contribution in [-0.4, -0.2) is 12.5 Å². The average Bonchev–Trinajstić information content (AvgIpc) is 2.46. The van der Waals surface area contributed by atoms with Gasteiger partial charge < -0.3 is 5.02 Å². The van der Waals surface area contributed by atoms with Crippen LogP contribution in [-0.2, 0) is 0 Å². The lowest BCUT2D eigenvalue weighted by Gasteiger charge is -1.94. The number of rotatable bonds is 1. The Hall–Kier alpha value is -0.795. The summed E-state index contributed by atoms with van der Waals surface area (Å²) in [5.41, 5.74) is 2.29. The molecule has 60 valence electrons. The SMILES string of the molecule is Cc1ccc2scc(BO)c2c1. The van der Waals surface area contributed by atoms with E-state index in [2.05, 4.69) is 25.1 Å². The largest absolute Gasteiger partial charge is 0.449 e. The molecule has 3 heteroatoms. The van der Waals surface area contributed by atoms with E-state index in [0.29, 0.717) is 0 Å². The first-order chi connectivity index (χ1) is 5.81. The van der Waals surface area contributed by atoms with Gasteiger partial charge in [0.1, 0.15) is 0 Å². The monoisotopic (exact) mass is 176 g/mol. The van der Waals surface area contributed by atoms with Gasteiger partial charge in [0.25, 0.3) is 0 Å². The third kappa shape index (κ3) is 1.15. The third-order valence-corrected chi connectivity index (χ3v) is 2.99. The van der Waals surface area contributed by atoms with Crippen molar-refractivity contribution >= 4 is 34.4 Å². The van der Waals surface area contributed by atoms with Gasteiger partial charge in [-0.25, -0.2) is 0 Å². The highest BCUT2D eigenvalue weighted by atomic mass is 32.1. The molecule has 0 radical (unpaired) electrons. The third-order valence-electron chi connectivity index (χ3n) is 1.98. The Kier molecular flexibility index (Phi) is 1.91. The minimum Gasteiger partial charge on any atom is -0.449 e. The predicted molar refractivity (Wildman–Crippen MR) is 55.6 cm³/mol. The lowest BCUT2D eigenvalue weighted by atomic mass is 9.88. The van der Waals surface area contributed by atoms with Crippen molar-refractivity contribution in [1.82, 2.24) is 0 Å². The summed E-state index contributed by atoms with van der Waals surface area (Å²) >= 11 is 1.69. The van der Waals surface area contributed by atoms with E-state index < -0.39 is 0 Å². The minimum absolute atomic E-state index is 0.142. The van der Waals surface area contributed by atoms with Crippen molar-refractivity contribution in [3.05, 3.63) is 29.1 Å². The fourth-order valence-corrected chi connectivity index (χ4v) is 2.25. The zero-order valence-electron chi connectivity index (χ0n) is 6.87. The Morgan fingerprint density at radius 2 is 2.25 bits per heavy atom. The number of benzene rings is 1. The van der Waals surface area contributed by atoms with Crippen LogP contribution in [0, 0.1) is 6.92 Å². The Bertz CT molecular complexity index is 408. The number of hydrogen-bond donors (Lipinski definition) is 1. The van der Waals surface area contributed by atoms with E-state index in [0.717, 1.165) is 5.46 Å². The number of thiophene rings is 1. The van der Waals surface area contributed by atoms with Crippen LogP contribution >= 0.6 is 11.3 Å². The second-order valence-corrected chi connectivity index (χ2v) is 3.83. The molecular formula is C9H9BOS. The van der Waals surface area contributed by atoms with Gasteiger partial charge in [-0.15, -0.1) is 11.3 Å². The lowest BCUT2D eigenvalue weighted by molar-refractivity contribution is 0.616. The van der Waals surface area contributed by atoms with Gasteiger partial charge in [-0.2, -0.15) is 0 Å². The summed E-state index contributed by atoms with van der Waals surface area (Å²) in [4.78, 5) is 0. The van der Waals surface area contributed by atoms with Crippen LogP contribution in [0.3, 0.4) is 0 Å². The van der Waals surface area contributed by atoms with Crippen LogP contribution in [0.15, 0.2) is 23.6 Å². The van der Waals surface area contributed by atoms with Gasteiger partial charge >= 0.3 is 7.48 Å². The van der Waals surface area contributed by atoms with Crippen molar-refractivity contribution in [3.63, 3.8) is 0 Å². The summed E-state index contributed by atoms with van der Waals surface area (Å²) in [5, 5.41) is 12.2. The topological polar surface area (TPSA) is 20.2 Å². The summed E-state index contributed by atoms with van der Waals surface area (Å²) in [7, 11) is 0.142. The van der Waals surface area contributed by atoms with Crippen LogP contribution in [0.25, 0.3) is 10.1 Å². The van der Waals surface area contributed by atoms with Gasteiger partial charge in [-0.1, -0.05) is 17.7 Å². The minimum atomic E-state index is 0.142. The van der Waals surface area contributed by atoms with Crippen molar-refractivity contribution < 1.29 is 5.02 Å². The molecule has 0 unspecified atom stereocenters. The Morgan fingerprint density at radius 3 is 3.00 bits per heavy atom. The molecule has 0 saturated carbocycles. The Labute approximate surface area is 75.9 Å². The molecule has 0 saturated heterocycles. The zero-order valence-corrected chi connectivity index (χ0v) is 7.69. The maximum absolute atomic E-state index is 9.02. The molecule has 0 spiro atoms. The van der Waals surface area contributed by atoms with E-state index in [1.54, 1.807) is 11.3 Å². The van der Waals surface area contributed by atoms with Gasteiger partial charge in [-0.3, -0.25) is 0 Å². The summed E-state index contributed by atoms with van der Waals surface area (Å²) in [6.45, 7) is 2.07. The van der Waals surface area contributed by atoms with Crippen LogP contribution < -0.4 is 5.46 Å². The smallest absolute Gasteiger partial charge is 0.306 e. The molecule has 0 aliphatic rings. The molecule has 12 heavy (non-hydrogen) atoms. The van der Waals surface area contributed by atoms with E-state index in [1.165, 1.54) is 15.6 Å². The van der Waals surface area contributed by atoms with Crippen molar-refractivity contribution in [3.8, 4) is 0 Å². The van der Waals surface area contributed by atoms with Crippen molar-refractivity contribution in [2.45, 2.75) is 6.92 Å². The normalized spacial score (nSPS) is 10.5. The first-order valence-electron chi connectivity index (χ1n) is 3.89. The van der Waals surface area contributed by atoms with Crippen molar-refractivity contribution in [1.29, 1.82) is 0 Å². The summed E-state index contributed by atoms with van der Waals surface area (Å²) in [5.74, 6) is 0. The second kappa shape index (κ2) is 2.92. The van der Waals surface area contributed by atoms with Crippen LogP contribution in [0.5, 0.6) is 0 Å². The number of hydrogen-bond acceptors (Lipinski definition) is 2. The second-order valence-electron chi connectivity index (χ2n) is 2.92. The van der Waals surface area contributed by atoms with Crippen molar-refractivity contribution in [2.24, 2.45) is 0 Å². The Balaban J connectivity index is 2.75. The van der Waals surface area contributed by atoms with E-state index >= 15 is 0 Å². The standard InChI is InChI=1S/C9H9BOS/c1-6-2-3-9-7(4-6)8(10-11)5-12-9/h2-5,10-11H,1H3. The fourth-order valence-electron chi connectivity index (χ4n) is 1.32. The Morgan fingerprint density at radius 1 is 1.42 bits per heavy atom. The molecule has 1 nitrogen and oxygen atoms in total. The molecule has 2 rings (SSSR count). The average molecular weight is 176 g/mol. The highest BCUT2D eigenvalue weighted by Gasteiger charge is 2.03. The summed E-state index contributed by atoms with van der Waals surface area (Å²) in [6, 6.07) is 6.33. The number of fused-ring (bicyclic) bond motifs is 1. The van der Waals surface area contributed by atoms with Crippen LogP contribution in [0.4, 0.5) is 0 Å². The van der Waals surface area contributed by atoms with Crippen LogP contribution in [0.1, 0.15) is 5.56 Å². The maximum Gasteiger partial charge on any atom is 0.306 e. The molecular weight excluding hydrogens is 167 g/mol. The predicted octanol–water partition coefficient (Wildman–Crippen LogP) is 1.18. The van der Waals surface area contributed by atoms with E-state index in [-0.39, 0.29) is 7.48 Å². The van der Waals surface area contributed by atoms with E-state index in [9.17, 15) is 0 Å². The highest BCUT2D eigenvalue weighted by Crippen LogP contribution is 2.19. The van der Waals surface area contributed by atoms with E-state index in [4.69, 9.17) is 5.02 Å². The van der Waals surface area contributed by atoms with Gasteiger partial charge in [0.15, 0.2) is 0 Å². The van der Waals surface area contributed by atoms with Gasteiger partial charge in [0, 0.05) is 4.70 Å². The fraction of sp³-hybridized carbons (Fsp3) is 0.111. The molecule has 1 heterocycles. The molecule has 1 aromatic carbocycles. The highest BCUT2D eigenvalue weighted by molar-refractivity contribution is 7.18. The molecule has 1 aromatic heterocycles. The molecule has 2 aromatic rings. The molecule has 0 bridgehead atoms. The zero-order chi connectivity index (χ0) is 8.55. The van der Waals surface area contributed by atoms with Gasteiger partial charge in [-0.05, 0) is 29.2 Å². The van der Waals surface area contributed by atoms with E-state index in [1.807, 2.05) is 5.38 Å². The van der Waals surface area contributed by atoms with Crippen LogP contribution in [0.2, 0.25) is 0 Å². The molecule has 0 aliphatic heterocycles.